The van der Waals surface area contributed by atoms with Gasteiger partial charge in [0.05, 0.1) is 7.11 Å². The van der Waals surface area contributed by atoms with Gasteiger partial charge in [-0.1, -0.05) is 0 Å². The number of rotatable bonds is 2. The van der Waals surface area contributed by atoms with Crippen LogP contribution in [0.1, 0.15) is 10.4 Å². The first-order valence-electron chi connectivity index (χ1n) is 4.71. The number of amides is 2. The normalized spacial score (nSPS) is 9.44. The second kappa shape index (κ2) is 5.16. The van der Waals surface area contributed by atoms with Gasteiger partial charge in [-0.3, -0.25) is 10.1 Å². The molecule has 0 fully saturated rings. The summed E-state index contributed by atoms with van der Waals surface area (Å²) in [7, 11) is 4.66. The van der Waals surface area contributed by atoms with Crippen LogP contribution in [0.2, 0.25) is 0 Å². The summed E-state index contributed by atoms with van der Waals surface area (Å²) in [5.74, 6) is -0.0791. The lowest BCUT2D eigenvalue weighted by Crippen LogP contribution is -2.21. The Morgan fingerprint density at radius 2 is 1.75 bits per heavy atom. The molecule has 0 aliphatic heterocycles. The largest absolute Gasteiger partial charge is 0.453 e. The van der Waals surface area contributed by atoms with Crippen molar-refractivity contribution in [1.29, 1.82) is 0 Å². The molecule has 1 N–H and O–H groups in total. The second-order valence-corrected chi connectivity index (χ2v) is 3.39. The van der Waals surface area contributed by atoms with Gasteiger partial charge in [0.1, 0.15) is 0 Å². The molecule has 1 rings (SSSR count). The summed E-state index contributed by atoms with van der Waals surface area (Å²) < 4.78 is 4.44. The van der Waals surface area contributed by atoms with Crippen molar-refractivity contribution in [2.24, 2.45) is 0 Å². The van der Waals surface area contributed by atoms with E-state index in [0.717, 1.165) is 0 Å². The summed E-state index contributed by atoms with van der Waals surface area (Å²) in [5.41, 5.74) is 1.16. The van der Waals surface area contributed by atoms with Crippen LogP contribution in [0.5, 0.6) is 0 Å². The van der Waals surface area contributed by atoms with E-state index in [0.29, 0.717) is 11.3 Å². The SMILES string of the molecule is COC(=O)Nc1ccc(C(=O)N(C)C)cc1. The fourth-order valence-corrected chi connectivity index (χ4v) is 1.12. The molecule has 86 valence electrons. The van der Waals surface area contributed by atoms with E-state index >= 15 is 0 Å². The van der Waals surface area contributed by atoms with E-state index in [2.05, 4.69) is 10.1 Å². The Morgan fingerprint density at radius 1 is 1.19 bits per heavy atom. The van der Waals surface area contributed by atoms with E-state index < -0.39 is 6.09 Å². The highest BCUT2D eigenvalue weighted by atomic mass is 16.5. The zero-order valence-electron chi connectivity index (χ0n) is 9.48. The summed E-state index contributed by atoms with van der Waals surface area (Å²) >= 11 is 0. The molecule has 0 bridgehead atoms. The molecular formula is C11H14N2O3. The molecule has 1 aromatic rings. The number of nitrogens with zero attached hydrogens (tertiary/aromatic N) is 1. The fraction of sp³-hybridized carbons (Fsp3) is 0.273. The standard InChI is InChI=1S/C11H14N2O3/c1-13(2)10(14)8-4-6-9(7-5-8)12-11(15)16-3/h4-7H,1-3H3,(H,12,15). The van der Waals surface area contributed by atoms with Gasteiger partial charge >= 0.3 is 6.09 Å². The van der Waals surface area contributed by atoms with Crippen LogP contribution < -0.4 is 5.32 Å². The lowest BCUT2D eigenvalue weighted by atomic mass is 10.2. The van der Waals surface area contributed by atoms with E-state index in [1.54, 1.807) is 38.4 Å². The Balaban J connectivity index is 2.75. The Labute approximate surface area is 94.0 Å². The lowest BCUT2D eigenvalue weighted by molar-refractivity contribution is 0.0827. The highest BCUT2D eigenvalue weighted by Gasteiger charge is 2.07. The van der Waals surface area contributed by atoms with Crippen LogP contribution in [-0.4, -0.2) is 38.1 Å². The van der Waals surface area contributed by atoms with Crippen LogP contribution in [-0.2, 0) is 4.74 Å². The number of nitrogens with one attached hydrogen (secondary N) is 1. The molecule has 0 radical (unpaired) electrons. The Hall–Kier alpha value is -2.04. The number of hydrogen-bond acceptors (Lipinski definition) is 3. The third kappa shape index (κ3) is 2.98. The molecule has 16 heavy (non-hydrogen) atoms. The molecule has 0 saturated carbocycles. The average molecular weight is 222 g/mol. The first kappa shape index (κ1) is 12.0. The monoisotopic (exact) mass is 222 g/mol. The minimum Gasteiger partial charge on any atom is -0.453 e. The van der Waals surface area contributed by atoms with Gasteiger partial charge in [-0.25, -0.2) is 4.79 Å². The Bertz CT molecular complexity index is 385. The molecule has 0 aliphatic rings. The smallest absolute Gasteiger partial charge is 0.411 e. The maximum atomic E-state index is 11.5. The molecule has 1 aromatic carbocycles. The first-order valence-corrected chi connectivity index (χ1v) is 4.71. The topological polar surface area (TPSA) is 58.6 Å². The molecule has 0 aromatic heterocycles. The van der Waals surface area contributed by atoms with Crippen molar-refractivity contribution in [3.05, 3.63) is 29.8 Å². The van der Waals surface area contributed by atoms with E-state index in [9.17, 15) is 9.59 Å². The summed E-state index contributed by atoms with van der Waals surface area (Å²) in [6.07, 6.45) is -0.535. The summed E-state index contributed by atoms with van der Waals surface area (Å²) in [4.78, 5) is 23.9. The van der Waals surface area contributed by atoms with Crippen molar-refractivity contribution in [2.75, 3.05) is 26.5 Å². The predicted octanol–water partition coefficient (Wildman–Crippen LogP) is 1.57. The summed E-state index contributed by atoms with van der Waals surface area (Å²) in [5, 5.41) is 2.50. The number of methoxy groups -OCH3 is 1. The van der Waals surface area contributed by atoms with Crippen LogP contribution in [0.3, 0.4) is 0 Å². The lowest BCUT2D eigenvalue weighted by Gasteiger charge is -2.10. The fourth-order valence-electron chi connectivity index (χ4n) is 1.12. The first-order chi connectivity index (χ1) is 7.54. The number of carbonyl (C=O) groups excluding carboxylic acids is 2. The van der Waals surface area contributed by atoms with Gasteiger partial charge in [0, 0.05) is 25.3 Å². The van der Waals surface area contributed by atoms with Gasteiger partial charge in [0.15, 0.2) is 0 Å². The minimum absolute atomic E-state index is 0.0791. The third-order valence-corrected chi connectivity index (χ3v) is 1.97. The van der Waals surface area contributed by atoms with Crippen molar-refractivity contribution in [3.8, 4) is 0 Å². The molecule has 0 heterocycles. The molecule has 0 spiro atoms. The zero-order valence-corrected chi connectivity index (χ0v) is 9.48. The number of anilines is 1. The minimum atomic E-state index is -0.535. The molecule has 5 heteroatoms. The van der Waals surface area contributed by atoms with Gasteiger partial charge < -0.3 is 9.64 Å². The second-order valence-electron chi connectivity index (χ2n) is 3.39. The van der Waals surface area contributed by atoms with E-state index in [-0.39, 0.29) is 5.91 Å². The molecule has 0 unspecified atom stereocenters. The van der Waals surface area contributed by atoms with E-state index in [1.165, 1.54) is 12.0 Å². The molecule has 0 atom stereocenters. The molecule has 2 amide bonds. The quantitative estimate of drug-likeness (QED) is 0.826. The van der Waals surface area contributed by atoms with Gasteiger partial charge in [0.25, 0.3) is 5.91 Å². The van der Waals surface area contributed by atoms with Gasteiger partial charge in [0.2, 0.25) is 0 Å². The van der Waals surface area contributed by atoms with Gasteiger partial charge in [-0.05, 0) is 24.3 Å². The van der Waals surface area contributed by atoms with Crippen LogP contribution in [0.25, 0.3) is 0 Å². The Morgan fingerprint density at radius 3 is 2.19 bits per heavy atom. The number of ether oxygens (including phenoxy) is 1. The van der Waals surface area contributed by atoms with Gasteiger partial charge in [-0.15, -0.1) is 0 Å². The van der Waals surface area contributed by atoms with Gasteiger partial charge in [-0.2, -0.15) is 0 Å². The number of benzene rings is 1. The predicted molar refractivity (Wildman–Crippen MR) is 60.5 cm³/mol. The van der Waals surface area contributed by atoms with E-state index in [4.69, 9.17) is 0 Å². The van der Waals surface area contributed by atoms with Crippen molar-refractivity contribution < 1.29 is 14.3 Å². The third-order valence-electron chi connectivity index (χ3n) is 1.97. The van der Waals surface area contributed by atoms with Crippen LogP contribution >= 0.6 is 0 Å². The van der Waals surface area contributed by atoms with Crippen molar-refractivity contribution in [2.45, 2.75) is 0 Å². The number of carbonyl (C=O) groups is 2. The van der Waals surface area contributed by atoms with Crippen molar-refractivity contribution in [3.63, 3.8) is 0 Å². The maximum Gasteiger partial charge on any atom is 0.411 e. The van der Waals surface area contributed by atoms with Crippen molar-refractivity contribution >= 4 is 17.7 Å². The Kier molecular flexibility index (Phi) is 3.88. The average Bonchev–Trinajstić information content (AvgIpc) is 2.28. The maximum absolute atomic E-state index is 11.5. The van der Waals surface area contributed by atoms with Crippen LogP contribution in [0.15, 0.2) is 24.3 Å². The summed E-state index contributed by atoms with van der Waals surface area (Å²) in [6, 6.07) is 6.59. The number of hydrogen-bond donors (Lipinski definition) is 1. The van der Waals surface area contributed by atoms with Crippen molar-refractivity contribution in [1.82, 2.24) is 4.90 Å². The molecular weight excluding hydrogens is 208 g/mol. The highest BCUT2D eigenvalue weighted by molar-refractivity contribution is 5.94. The van der Waals surface area contributed by atoms with E-state index in [1.807, 2.05) is 0 Å². The zero-order chi connectivity index (χ0) is 12.1. The van der Waals surface area contributed by atoms with Crippen LogP contribution in [0, 0.1) is 0 Å². The molecule has 0 aliphatic carbocycles. The summed E-state index contributed by atoms with van der Waals surface area (Å²) in [6.45, 7) is 0. The highest BCUT2D eigenvalue weighted by Crippen LogP contribution is 2.10. The molecule has 5 nitrogen and oxygen atoms in total. The van der Waals surface area contributed by atoms with Crippen LogP contribution in [0.4, 0.5) is 10.5 Å². The molecule has 0 saturated heterocycles.